The van der Waals surface area contributed by atoms with Gasteiger partial charge in [0.1, 0.15) is 0 Å². The third-order valence-electron chi connectivity index (χ3n) is 2.77. The van der Waals surface area contributed by atoms with Crippen LogP contribution in [0.2, 0.25) is 0 Å². The molecule has 1 aromatic heterocycles. The Labute approximate surface area is 100.0 Å². The highest BCUT2D eigenvalue weighted by molar-refractivity contribution is 5.32. The molecule has 1 aliphatic rings. The van der Waals surface area contributed by atoms with Crippen LogP contribution in [0.15, 0.2) is 0 Å². The second-order valence-corrected chi connectivity index (χ2v) is 3.93. The van der Waals surface area contributed by atoms with Crippen molar-refractivity contribution in [1.82, 2.24) is 15.0 Å². The van der Waals surface area contributed by atoms with Crippen LogP contribution in [-0.4, -0.2) is 48.3 Å². The van der Waals surface area contributed by atoms with Crippen LogP contribution in [0.3, 0.4) is 0 Å². The highest BCUT2D eigenvalue weighted by atomic mass is 16.5. The zero-order valence-electron chi connectivity index (χ0n) is 10.1. The third kappa shape index (κ3) is 2.73. The average Bonchev–Trinajstić information content (AvgIpc) is 2.39. The van der Waals surface area contributed by atoms with E-state index in [1.807, 2.05) is 0 Å². The molecule has 7 heteroatoms. The topological polar surface area (TPSA) is 86.4 Å². The van der Waals surface area contributed by atoms with Crippen LogP contribution in [0.4, 0.5) is 5.95 Å². The van der Waals surface area contributed by atoms with Gasteiger partial charge in [-0.2, -0.15) is 9.97 Å². The number of piperidine rings is 1. The number of aromatic nitrogens is 3. The minimum Gasteiger partial charge on any atom is -0.467 e. The first kappa shape index (κ1) is 11.8. The van der Waals surface area contributed by atoms with Gasteiger partial charge in [-0.15, -0.1) is 4.98 Å². The Hall–Kier alpha value is -1.63. The molecule has 0 radical (unpaired) electrons. The SMILES string of the molecule is COc1nc(OC)nc(N2CCC(N)CC2)n1. The van der Waals surface area contributed by atoms with Gasteiger partial charge in [0.05, 0.1) is 14.2 Å². The lowest BCUT2D eigenvalue weighted by Gasteiger charge is -2.30. The van der Waals surface area contributed by atoms with E-state index in [4.69, 9.17) is 15.2 Å². The Bertz CT molecular complexity index is 357. The molecule has 0 atom stereocenters. The van der Waals surface area contributed by atoms with Crippen molar-refractivity contribution in [3.05, 3.63) is 0 Å². The summed E-state index contributed by atoms with van der Waals surface area (Å²) in [4.78, 5) is 14.4. The van der Waals surface area contributed by atoms with E-state index in [0.717, 1.165) is 25.9 Å². The van der Waals surface area contributed by atoms with E-state index in [0.29, 0.717) is 5.95 Å². The zero-order chi connectivity index (χ0) is 12.3. The summed E-state index contributed by atoms with van der Waals surface area (Å²) in [6.07, 6.45) is 1.88. The van der Waals surface area contributed by atoms with Crippen molar-refractivity contribution in [2.24, 2.45) is 5.73 Å². The van der Waals surface area contributed by atoms with Crippen LogP contribution in [-0.2, 0) is 0 Å². The van der Waals surface area contributed by atoms with Crippen LogP contribution in [0.1, 0.15) is 12.8 Å². The minimum absolute atomic E-state index is 0.265. The lowest BCUT2D eigenvalue weighted by Crippen LogP contribution is -2.40. The fourth-order valence-electron chi connectivity index (χ4n) is 1.75. The highest BCUT2D eigenvalue weighted by Crippen LogP contribution is 2.19. The van der Waals surface area contributed by atoms with Crippen LogP contribution >= 0.6 is 0 Å². The molecule has 17 heavy (non-hydrogen) atoms. The van der Waals surface area contributed by atoms with Crippen molar-refractivity contribution in [2.45, 2.75) is 18.9 Å². The van der Waals surface area contributed by atoms with E-state index in [1.54, 1.807) is 0 Å². The number of nitrogens with two attached hydrogens (primary N) is 1. The molecule has 0 saturated carbocycles. The molecule has 0 aliphatic carbocycles. The maximum Gasteiger partial charge on any atom is 0.324 e. The lowest BCUT2D eigenvalue weighted by molar-refractivity contribution is 0.339. The van der Waals surface area contributed by atoms with E-state index in [9.17, 15) is 0 Å². The predicted molar refractivity (Wildman–Crippen MR) is 62.4 cm³/mol. The van der Waals surface area contributed by atoms with Gasteiger partial charge < -0.3 is 20.1 Å². The van der Waals surface area contributed by atoms with Crippen molar-refractivity contribution >= 4 is 5.95 Å². The largest absolute Gasteiger partial charge is 0.467 e. The fraction of sp³-hybridized carbons (Fsp3) is 0.700. The highest BCUT2D eigenvalue weighted by Gasteiger charge is 2.20. The first-order chi connectivity index (χ1) is 8.22. The molecule has 0 aromatic carbocycles. The average molecular weight is 239 g/mol. The standard InChI is InChI=1S/C10H17N5O2/c1-16-9-12-8(13-10(14-9)17-2)15-5-3-7(11)4-6-15/h7H,3-6,11H2,1-2H3. The molecule has 1 saturated heterocycles. The van der Waals surface area contributed by atoms with Gasteiger partial charge in [0.25, 0.3) is 0 Å². The Balaban J connectivity index is 2.19. The lowest BCUT2D eigenvalue weighted by atomic mass is 10.1. The summed E-state index contributed by atoms with van der Waals surface area (Å²) in [6, 6.07) is 0.806. The molecule has 1 aliphatic heterocycles. The Morgan fingerprint density at radius 3 is 2.06 bits per heavy atom. The van der Waals surface area contributed by atoms with Crippen LogP contribution in [0, 0.1) is 0 Å². The molecule has 2 rings (SSSR count). The monoisotopic (exact) mass is 239 g/mol. The summed E-state index contributed by atoms with van der Waals surface area (Å²) >= 11 is 0. The van der Waals surface area contributed by atoms with Crippen LogP contribution < -0.4 is 20.1 Å². The molecule has 1 fully saturated rings. The van der Waals surface area contributed by atoms with Gasteiger partial charge in [-0.1, -0.05) is 0 Å². The van der Waals surface area contributed by atoms with E-state index in [-0.39, 0.29) is 18.1 Å². The van der Waals surface area contributed by atoms with Gasteiger partial charge in [0, 0.05) is 19.1 Å². The summed E-state index contributed by atoms with van der Waals surface area (Å²) < 4.78 is 10.0. The molecule has 7 nitrogen and oxygen atoms in total. The molecule has 0 unspecified atom stereocenters. The van der Waals surface area contributed by atoms with Crippen molar-refractivity contribution in [3.63, 3.8) is 0 Å². The van der Waals surface area contributed by atoms with E-state index in [2.05, 4.69) is 19.9 Å². The number of nitrogens with zero attached hydrogens (tertiary/aromatic N) is 4. The van der Waals surface area contributed by atoms with Crippen molar-refractivity contribution < 1.29 is 9.47 Å². The van der Waals surface area contributed by atoms with Gasteiger partial charge >= 0.3 is 12.0 Å². The van der Waals surface area contributed by atoms with Gasteiger partial charge in [0.15, 0.2) is 0 Å². The number of ether oxygens (including phenoxy) is 2. The van der Waals surface area contributed by atoms with E-state index < -0.39 is 0 Å². The molecule has 0 spiro atoms. The summed E-state index contributed by atoms with van der Waals surface area (Å²) in [5.74, 6) is 0.584. The summed E-state index contributed by atoms with van der Waals surface area (Å²) in [6.45, 7) is 1.69. The zero-order valence-corrected chi connectivity index (χ0v) is 10.1. The number of anilines is 1. The molecule has 0 bridgehead atoms. The molecule has 2 heterocycles. The van der Waals surface area contributed by atoms with Crippen LogP contribution in [0.5, 0.6) is 12.0 Å². The van der Waals surface area contributed by atoms with Crippen LogP contribution in [0.25, 0.3) is 0 Å². The Morgan fingerprint density at radius 1 is 1.06 bits per heavy atom. The second kappa shape index (κ2) is 5.13. The fourth-order valence-corrected chi connectivity index (χ4v) is 1.75. The molecular weight excluding hydrogens is 222 g/mol. The molecule has 94 valence electrons. The minimum atomic E-state index is 0.265. The first-order valence-corrected chi connectivity index (χ1v) is 5.57. The van der Waals surface area contributed by atoms with Crippen molar-refractivity contribution in [2.75, 3.05) is 32.2 Å². The summed E-state index contributed by atoms with van der Waals surface area (Å²) in [5, 5.41) is 0. The molecule has 2 N–H and O–H groups in total. The number of methoxy groups -OCH3 is 2. The van der Waals surface area contributed by atoms with E-state index in [1.165, 1.54) is 14.2 Å². The van der Waals surface area contributed by atoms with Gasteiger partial charge in [-0.25, -0.2) is 0 Å². The molecular formula is C10H17N5O2. The van der Waals surface area contributed by atoms with Gasteiger partial charge in [-0.05, 0) is 12.8 Å². The van der Waals surface area contributed by atoms with Gasteiger partial charge in [0.2, 0.25) is 5.95 Å². The van der Waals surface area contributed by atoms with E-state index >= 15 is 0 Å². The molecule has 0 amide bonds. The maximum atomic E-state index is 5.86. The second-order valence-electron chi connectivity index (χ2n) is 3.93. The molecule has 1 aromatic rings. The number of rotatable bonds is 3. The quantitative estimate of drug-likeness (QED) is 0.782. The normalized spacial score (nSPS) is 17.0. The Morgan fingerprint density at radius 2 is 1.59 bits per heavy atom. The van der Waals surface area contributed by atoms with Gasteiger partial charge in [-0.3, -0.25) is 0 Å². The third-order valence-corrected chi connectivity index (χ3v) is 2.77. The Kier molecular flexibility index (Phi) is 3.58. The summed E-state index contributed by atoms with van der Waals surface area (Å²) in [5.41, 5.74) is 5.86. The smallest absolute Gasteiger partial charge is 0.324 e. The maximum absolute atomic E-state index is 5.86. The van der Waals surface area contributed by atoms with Crippen molar-refractivity contribution in [3.8, 4) is 12.0 Å². The predicted octanol–water partition coefficient (Wildman–Crippen LogP) is -0.184. The summed E-state index contributed by atoms with van der Waals surface area (Å²) in [7, 11) is 3.04. The first-order valence-electron chi connectivity index (χ1n) is 5.57. The number of hydrogen-bond donors (Lipinski definition) is 1. The number of hydrogen-bond acceptors (Lipinski definition) is 7. The van der Waals surface area contributed by atoms with Crippen molar-refractivity contribution in [1.29, 1.82) is 0 Å².